The van der Waals surface area contributed by atoms with E-state index in [0.29, 0.717) is 0 Å². The number of rotatable bonds is 4. The van der Waals surface area contributed by atoms with Gasteiger partial charge in [-0.2, -0.15) is 0 Å². The SMILES string of the molecule is COc1cccc(-c2[nH]c3c(C)ccc(C)c3c2CC(=O)O)c1. The average Bonchev–Trinajstić information content (AvgIpc) is 2.91. The first-order valence-electron chi connectivity index (χ1n) is 7.48. The maximum atomic E-state index is 11.4. The number of methoxy groups -OCH3 is 1. The van der Waals surface area contributed by atoms with E-state index in [9.17, 15) is 9.90 Å². The third-order valence-corrected chi connectivity index (χ3v) is 4.16. The Morgan fingerprint density at radius 1 is 1.17 bits per heavy atom. The number of fused-ring (bicyclic) bond motifs is 1. The fourth-order valence-corrected chi connectivity index (χ4v) is 3.04. The fourth-order valence-electron chi connectivity index (χ4n) is 3.04. The highest BCUT2D eigenvalue weighted by Crippen LogP contribution is 2.35. The van der Waals surface area contributed by atoms with Crippen LogP contribution in [-0.2, 0) is 11.2 Å². The van der Waals surface area contributed by atoms with Gasteiger partial charge in [-0.3, -0.25) is 4.79 Å². The molecule has 2 aromatic carbocycles. The van der Waals surface area contributed by atoms with Crippen molar-refractivity contribution < 1.29 is 14.6 Å². The van der Waals surface area contributed by atoms with Gasteiger partial charge in [0.1, 0.15) is 5.75 Å². The van der Waals surface area contributed by atoms with E-state index in [-0.39, 0.29) is 6.42 Å². The number of carbonyl (C=O) groups is 1. The zero-order chi connectivity index (χ0) is 16.6. The van der Waals surface area contributed by atoms with Gasteiger partial charge in [-0.15, -0.1) is 0 Å². The lowest BCUT2D eigenvalue weighted by atomic mass is 9.98. The predicted molar refractivity (Wildman–Crippen MR) is 91.1 cm³/mol. The van der Waals surface area contributed by atoms with Gasteiger partial charge in [0.2, 0.25) is 0 Å². The van der Waals surface area contributed by atoms with Gasteiger partial charge in [-0.05, 0) is 42.7 Å². The summed E-state index contributed by atoms with van der Waals surface area (Å²) in [6.45, 7) is 4.04. The van der Waals surface area contributed by atoms with Crippen LogP contribution in [0.2, 0.25) is 0 Å². The second-order valence-electron chi connectivity index (χ2n) is 5.73. The first-order valence-corrected chi connectivity index (χ1v) is 7.48. The molecule has 0 saturated carbocycles. The molecule has 4 heteroatoms. The second-order valence-corrected chi connectivity index (χ2v) is 5.73. The highest BCUT2D eigenvalue weighted by molar-refractivity contribution is 5.97. The van der Waals surface area contributed by atoms with Gasteiger partial charge in [0, 0.05) is 16.5 Å². The molecule has 0 amide bonds. The molecule has 23 heavy (non-hydrogen) atoms. The molecule has 4 nitrogen and oxygen atoms in total. The Hall–Kier alpha value is -2.75. The number of aromatic nitrogens is 1. The lowest BCUT2D eigenvalue weighted by molar-refractivity contribution is -0.136. The molecule has 1 heterocycles. The van der Waals surface area contributed by atoms with Crippen molar-refractivity contribution in [3.8, 4) is 17.0 Å². The van der Waals surface area contributed by atoms with Crippen molar-refractivity contribution in [2.24, 2.45) is 0 Å². The van der Waals surface area contributed by atoms with Gasteiger partial charge in [-0.1, -0.05) is 24.3 Å². The molecule has 3 aromatic rings. The summed E-state index contributed by atoms with van der Waals surface area (Å²) in [5.41, 5.74) is 5.77. The number of hydrogen-bond acceptors (Lipinski definition) is 2. The topological polar surface area (TPSA) is 62.3 Å². The maximum absolute atomic E-state index is 11.4. The van der Waals surface area contributed by atoms with Crippen LogP contribution in [0.25, 0.3) is 22.2 Å². The number of H-pyrrole nitrogens is 1. The number of benzene rings is 2. The summed E-state index contributed by atoms with van der Waals surface area (Å²) >= 11 is 0. The van der Waals surface area contributed by atoms with Crippen LogP contribution in [0.1, 0.15) is 16.7 Å². The number of aryl methyl sites for hydroxylation is 2. The summed E-state index contributed by atoms with van der Waals surface area (Å²) in [5.74, 6) is -0.0909. The zero-order valence-electron chi connectivity index (χ0n) is 13.4. The molecule has 0 spiro atoms. The van der Waals surface area contributed by atoms with Crippen LogP contribution in [0.4, 0.5) is 0 Å². The summed E-state index contributed by atoms with van der Waals surface area (Å²) in [6, 6.07) is 11.7. The van der Waals surface area contributed by atoms with E-state index in [0.717, 1.165) is 44.6 Å². The van der Waals surface area contributed by atoms with Crippen LogP contribution in [0.15, 0.2) is 36.4 Å². The number of ether oxygens (including phenoxy) is 1. The van der Waals surface area contributed by atoms with Crippen molar-refractivity contribution >= 4 is 16.9 Å². The van der Waals surface area contributed by atoms with Crippen molar-refractivity contribution in [1.82, 2.24) is 4.98 Å². The minimum atomic E-state index is -0.837. The van der Waals surface area contributed by atoms with Gasteiger partial charge in [-0.25, -0.2) is 0 Å². The highest BCUT2D eigenvalue weighted by atomic mass is 16.5. The van der Waals surface area contributed by atoms with E-state index in [1.165, 1.54) is 0 Å². The van der Waals surface area contributed by atoms with Crippen molar-refractivity contribution in [1.29, 1.82) is 0 Å². The third-order valence-electron chi connectivity index (χ3n) is 4.16. The molecule has 1 aromatic heterocycles. The first-order chi connectivity index (χ1) is 11.0. The first kappa shape index (κ1) is 15.2. The predicted octanol–water partition coefficient (Wildman–Crippen LogP) is 4.09. The summed E-state index contributed by atoms with van der Waals surface area (Å²) in [6.07, 6.45) is -0.0170. The lowest BCUT2D eigenvalue weighted by Crippen LogP contribution is -2.01. The van der Waals surface area contributed by atoms with Crippen LogP contribution in [-0.4, -0.2) is 23.2 Å². The zero-order valence-corrected chi connectivity index (χ0v) is 13.4. The number of aliphatic carboxylic acids is 1. The van der Waals surface area contributed by atoms with E-state index in [1.54, 1.807) is 7.11 Å². The maximum Gasteiger partial charge on any atom is 0.307 e. The van der Waals surface area contributed by atoms with Crippen molar-refractivity contribution in [3.05, 3.63) is 53.1 Å². The number of carboxylic acid groups (broad SMARTS) is 1. The van der Waals surface area contributed by atoms with E-state index < -0.39 is 5.97 Å². The minimum Gasteiger partial charge on any atom is -0.497 e. The van der Waals surface area contributed by atoms with Crippen LogP contribution in [0.3, 0.4) is 0 Å². The molecule has 0 unspecified atom stereocenters. The third kappa shape index (κ3) is 2.68. The van der Waals surface area contributed by atoms with E-state index in [2.05, 4.69) is 4.98 Å². The molecular formula is C19H19NO3. The van der Waals surface area contributed by atoms with Crippen molar-refractivity contribution in [3.63, 3.8) is 0 Å². The lowest BCUT2D eigenvalue weighted by Gasteiger charge is -2.06. The Morgan fingerprint density at radius 2 is 1.91 bits per heavy atom. The summed E-state index contributed by atoms with van der Waals surface area (Å²) in [4.78, 5) is 14.8. The normalized spacial score (nSPS) is 10.9. The Balaban J connectivity index is 2.32. The van der Waals surface area contributed by atoms with E-state index in [4.69, 9.17) is 4.74 Å². The number of hydrogen-bond donors (Lipinski definition) is 2. The van der Waals surface area contributed by atoms with Gasteiger partial charge in [0.15, 0.2) is 0 Å². The largest absolute Gasteiger partial charge is 0.497 e. The molecule has 3 rings (SSSR count). The smallest absolute Gasteiger partial charge is 0.307 e. The van der Waals surface area contributed by atoms with Crippen molar-refractivity contribution in [2.45, 2.75) is 20.3 Å². The van der Waals surface area contributed by atoms with Gasteiger partial charge < -0.3 is 14.8 Å². The van der Waals surface area contributed by atoms with Crippen LogP contribution in [0.5, 0.6) is 5.75 Å². The van der Waals surface area contributed by atoms with Crippen molar-refractivity contribution in [2.75, 3.05) is 7.11 Å². The number of aromatic amines is 1. The molecule has 0 radical (unpaired) electrons. The summed E-state index contributed by atoms with van der Waals surface area (Å²) in [5, 5.41) is 10.3. The molecule has 118 valence electrons. The number of nitrogens with one attached hydrogen (secondary N) is 1. The fraction of sp³-hybridized carbons (Fsp3) is 0.211. The quantitative estimate of drug-likeness (QED) is 0.763. The van der Waals surface area contributed by atoms with Gasteiger partial charge in [0.05, 0.1) is 19.2 Å². The van der Waals surface area contributed by atoms with Gasteiger partial charge in [0.25, 0.3) is 0 Å². The van der Waals surface area contributed by atoms with Gasteiger partial charge >= 0.3 is 5.97 Å². The molecule has 0 fully saturated rings. The van der Waals surface area contributed by atoms with Crippen LogP contribution < -0.4 is 4.74 Å². The summed E-state index contributed by atoms with van der Waals surface area (Å²) < 4.78 is 5.29. The molecule has 2 N–H and O–H groups in total. The summed E-state index contributed by atoms with van der Waals surface area (Å²) in [7, 11) is 1.62. The molecule has 0 saturated heterocycles. The van der Waals surface area contributed by atoms with E-state index in [1.807, 2.05) is 50.2 Å². The number of carboxylic acids is 1. The van der Waals surface area contributed by atoms with Crippen LogP contribution >= 0.6 is 0 Å². The molecule has 0 aliphatic heterocycles. The monoisotopic (exact) mass is 309 g/mol. The highest BCUT2D eigenvalue weighted by Gasteiger charge is 2.18. The van der Waals surface area contributed by atoms with E-state index >= 15 is 0 Å². The Kier molecular flexibility index (Phi) is 3.82. The molecule has 0 aliphatic carbocycles. The minimum absolute atomic E-state index is 0.0170. The standard InChI is InChI=1S/C19H19NO3/c1-11-7-8-12(2)18-17(11)15(10-16(21)22)19(20-18)13-5-4-6-14(9-13)23-3/h4-9,20H,10H2,1-3H3,(H,21,22). The Labute approximate surface area is 134 Å². The van der Waals surface area contributed by atoms with Crippen LogP contribution in [0, 0.1) is 13.8 Å². The molecular weight excluding hydrogens is 290 g/mol. The molecule has 0 bridgehead atoms. The molecule has 0 aliphatic rings. The molecule has 0 atom stereocenters. The average molecular weight is 309 g/mol. The Bertz CT molecular complexity index is 893. The second kappa shape index (κ2) is 5.80. The Morgan fingerprint density at radius 3 is 2.61 bits per heavy atom.